The van der Waals surface area contributed by atoms with Gasteiger partial charge < -0.3 is 0 Å². The van der Waals surface area contributed by atoms with Gasteiger partial charge in [0.15, 0.2) is 0 Å². The Bertz CT molecular complexity index is 208. The molecular weight excluding hydrogens is 144 g/mol. The lowest BCUT2D eigenvalue weighted by atomic mass is 9.93. The van der Waals surface area contributed by atoms with E-state index in [4.69, 9.17) is 0 Å². The lowest BCUT2D eigenvalue weighted by Crippen LogP contribution is -2.19. The summed E-state index contributed by atoms with van der Waals surface area (Å²) in [5, 5.41) is 8.81. The van der Waals surface area contributed by atoms with Crippen LogP contribution in [0.5, 0.6) is 0 Å². The fraction of sp³-hybridized carbons (Fsp3) is 0.714. The Kier molecular flexibility index (Phi) is 1.86. The smallest absolute Gasteiger partial charge is 0.117 e. The van der Waals surface area contributed by atoms with E-state index in [2.05, 4.69) is 36.7 Å². The summed E-state index contributed by atoms with van der Waals surface area (Å²) in [6.45, 7) is 6.22. The predicted octanol–water partition coefficient (Wildman–Crippen LogP) is 2.78. The Labute approximate surface area is 66.8 Å². The highest BCUT2D eigenvalue weighted by Crippen LogP contribution is 2.35. The van der Waals surface area contributed by atoms with E-state index in [1.807, 2.05) is 6.92 Å². The summed E-state index contributed by atoms with van der Waals surface area (Å²) in [7, 11) is 0. The van der Waals surface area contributed by atoms with Crippen LogP contribution in [0.4, 0.5) is 0 Å². The number of thiol groups is 1. The average molecular weight is 156 g/mol. The van der Waals surface area contributed by atoms with Crippen molar-refractivity contribution < 1.29 is 0 Å². The van der Waals surface area contributed by atoms with Crippen molar-refractivity contribution in [2.75, 3.05) is 0 Å². The van der Waals surface area contributed by atoms with Crippen LogP contribution in [0.2, 0.25) is 0 Å². The summed E-state index contributed by atoms with van der Waals surface area (Å²) in [4.78, 5) is 0. The van der Waals surface area contributed by atoms with Crippen LogP contribution >= 0.6 is 12.6 Å². The van der Waals surface area contributed by atoms with Crippen molar-refractivity contribution in [1.82, 2.24) is 0 Å². The Balaban J connectivity index is 2.96. The molecule has 3 heteroatoms. The van der Waals surface area contributed by atoms with Gasteiger partial charge in [-0.1, -0.05) is 6.92 Å². The van der Waals surface area contributed by atoms with Crippen LogP contribution in [0.3, 0.4) is 0 Å². The van der Waals surface area contributed by atoms with Gasteiger partial charge in [-0.3, -0.25) is 0 Å². The van der Waals surface area contributed by atoms with E-state index < -0.39 is 0 Å². The van der Waals surface area contributed by atoms with Gasteiger partial charge in [-0.2, -0.15) is 5.11 Å². The molecule has 0 N–H and O–H groups in total. The number of rotatable bonds is 1. The summed E-state index contributed by atoms with van der Waals surface area (Å²) >= 11 is 4.17. The van der Waals surface area contributed by atoms with E-state index in [1.165, 1.54) is 5.57 Å². The van der Waals surface area contributed by atoms with Crippen molar-refractivity contribution in [3.05, 3.63) is 10.6 Å². The molecule has 0 radical (unpaired) electrons. The third-order valence-corrected chi connectivity index (χ3v) is 2.62. The van der Waals surface area contributed by atoms with Crippen LogP contribution in [0.1, 0.15) is 27.2 Å². The molecule has 0 spiro atoms. The molecule has 0 bridgehead atoms. The molecule has 0 aromatic rings. The van der Waals surface area contributed by atoms with Gasteiger partial charge in [0, 0.05) is 0 Å². The van der Waals surface area contributed by atoms with Crippen molar-refractivity contribution in [3.63, 3.8) is 0 Å². The van der Waals surface area contributed by atoms with Gasteiger partial charge in [0.2, 0.25) is 0 Å². The van der Waals surface area contributed by atoms with E-state index in [1.54, 1.807) is 0 Å². The Morgan fingerprint density at radius 1 is 1.60 bits per heavy atom. The molecular formula is C7H12N2S. The van der Waals surface area contributed by atoms with Crippen LogP contribution in [-0.4, -0.2) is 5.54 Å². The van der Waals surface area contributed by atoms with E-state index in [0.29, 0.717) is 0 Å². The standard InChI is InChI=1S/C7H12N2S/c1-4-7(3)5(2)6(10)8-9-7/h10H,4H2,1-3H3/t7-/m1/s1. The molecule has 1 rings (SSSR count). The fourth-order valence-electron chi connectivity index (χ4n) is 0.884. The maximum Gasteiger partial charge on any atom is 0.117 e. The van der Waals surface area contributed by atoms with Crippen molar-refractivity contribution in [2.24, 2.45) is 10.2 Å². The highest BCUT2D eigenvalue weighted by atomic mass is 32.1. The average Bonchev–Trinajstić information content (AvgIpc) is 2.19. The highest BCUT2D eigenvalue weighted by Gasteiger charge is 2.29. The number of hydrogen-bond acceptors (Lipinski definition) is 3. The summed E-state index contributed by atoms with van der Waals surface area (Å²) in [6.07, 6.45) is 0.992. The summed E-state index contributed by atoms with van der Waals surface area (Å²) in [5.41, 5.74) is 1.11. The lowest BCUT2D eigenvalue weighted by Gasteiger charge is -2.17. The van der Waals surface area contributed by atoms with E-state index in [0.717, 1.165) is 11.4 Å². The van der Waals surface area contributed by atoms with Crippen molar-refractivity contribution >= 4 is 12.6 Å². The molecule has 2 nitrogen and oxygen atoms in total. The van der Waals surface area contributed by atoms with Crippen molar-refractivity contribution in [2.45, 2.75) is 32.7 Å². The van der Waals surface area contributed by atoms with Crippen LogP contribution in [0, 0.1) is 0 Å². The maximum absolute atomic E-state index is 4.17. The second-order valence-corrected chi connectivity index (χ2v) is 3.20. The third kappa shape index (κ3) is 0.985. The fourth-order valence-corrected chi connectivity index (χ4v) is 1.17. The third-order valence-electron chi connectivity index (χ3n) is 2.20. The van der Waals surface area contributed by atoms with Gasteiger partial charge in [-0.05, 0) is 25.8 Å². The van der Waals surface area contributed by atoms with Gasteiger partial charge >= 0.3 is 0 Å². The first-order valence-corrected chi connectivity index (χ1v) is 3.88. The van der Waals surface area contributed by atoms with Crippen LogP contribution in [0.15, 0.2) is 20.8 Å². The number of hydrogen-bond donors (Lipinski definition) is 1. The molecule has 0 aromatic carbocycles. The molecule has 0 fully saturated rings. The normalized spacial score (nSPS) is 32.0. The number of nitrogens with zero attached hydrogens (tertiary/aromatic N) is 2. The van der Waals surface area contributed by atoms with E-state index in [-0.39, 0.29) is 5.54 Å². The molecule has 56 valence electrons. The first kappa shape index (κ1) is 7.79. The first-order chi connectivity index (χ1) is 4.60. The number of azo groups is 1. The summed E-state index contributed by atoms with van der Waals surface area (Å²) in [6, 6.07) is 0. The second-order valence-electron chi connectivity index (χ2n) is 2.78. The summed E-state index contributed by atoms with van der Waals surface area (Å²) < 4.78 is 0. The quantitative estimate of drug-likeness (QED) is 0.565. The van der Waals surface area contributed by atoms with Crippen molar-refractivity contribution in [1.29, 1.82) is 0 Å². The van der Waals surface area contributed by atoms with Gasteiger partial charge in [-0.25, -0.2) is 0 Å². The predicted molar refractivity (Wildman–Crippen MR) is 45.2 cm³/mol. The van der Waals surface area contributed by atoms with Crippen LogP contribution in [0.25, 0.3) is 0 Å². The highest BCUT2D eigenvalue weighted by molar-refractivity contribution is 7.84. The van der Waals surface area contributed by atoms with Gasteiger partial charge in [-0.15, -0.1) is 17.7 Å². The molecule has 1 heterocycles. The molecule has 0 saturated carbocycles. The largest absolute Gasteiger partial charge is 0.177 e. The topological polar surface area (TPSA) is 24.7 Å². The first-order valence-electron chi connectivity index (χ1n) is 3.43. The van der Waals surface area contributed by atoms with Crippen LogP contribution in [-0.2, 0) is 0 Å². The molecule has 1 aliphatic rings. The minimum atomic E-state index is -0.0723. The van der Waals surface area contributed by atoms with E-state index in [9.17, 15) is 0 Å². The van der Waals surface area contributed by atoms with Gasteiger partial charge in [0.05, 0.1) is 0 Å². The summed E-state index contributed by atoms with van der Waals surface area (Å²) in [5.74, 6) is 0. The van der Waals surface area contributed by atoms with Gasteiger partial charge in [0.25, 0.3) is 0 Å². The minimum absolute atomic E-state index is 0.0723. The lowest BCUT2D eigenvalue weighted by molar-refractivity contribution is 0.529. The zero-order chi connectivity index (χ0) is 7.78. The monoisotopic (exact) mass is 156 g/mol. The molecule has 0 saturated heterocycles. The zero-order valence-electron chi connectivity index (χ0n) is 6.55. The van der Waals surface area contributed by atoms with Crippen molar-refractivity contribution in [3.8, 4) is 0 Å². The molecule has 0 aliphatic carbocycles. The maximum atomic E-state index is 4.17. The molecule has 0 aromatic heterocycles. The van der Waals surface area contributed by atoms with Crippen LogP contribution < -0.4 is 0 Å². The molecule has 0 amide bonds. The zero-order valence-corrected chi connectivity index (χ0v) is 7.44. The minimum Gasteiger partial charge on any atom is -0.177 e. The SMILES string of the molecule is CC[C@@]1(C)N=NC(S)=C1C. The van der Waals surface area contributed by atoms with E-state index >= 15 is 0 Å². The molecule has 1 atom stereocenters. The molecule has 0 unspecified atom stereocenters. The van der Waals surface area contributed by atoms with Gasteiger partial charge in [0.1, 0.15) is 10.6 Å². The Morgan fingerprint density at radius 3 is 2.40 bits per heavy atom. The molecule has 10 heavy (non-hydrogen) atoms. The molecule has 1 aliphatic heterocycles. The Hall–Kier alpha value is -0.310. The second kappa shape index (κ2) is 2.38. The Morgan fingerprint density at radius 2 is 2.20 bits per heavy atom.